The lowest BCUT2D eigenvalue weighted by molar-refractivity contribution is 0.0323. The van der Waals surface area contributed by atoms with E-state index in [1.54, 1.807) is 0 Å². The van der Waals surface area contributed by atoms with Crippen molar-refractivity contribution >= 4 is 10.8 Å². The molecule has 134 valence electrons. The minimum absolute atomic E-state index is 0.0972. The summed E-state index contributed by atoms with van der Waals surface area (Å²) in [6.45, 7) is 4.82. The molecule has 1 N–H and O–H groups in total. The van der Waals surface area contributed by atoms with Gasteiger partial charge in [-0.25, -0.2) is 0 Å². The molecular weight excluding hydrogens is 328 g/mol. The van der Waals surface area contributed by atoms with Gasteiger partial charge in [-0.1, -0.05) is 48.5 Å². The molecule has 4 rings (SSSR count). The molecule has 0 radical (unpaired) electrons. The van der Waals surface area contributed by atoms with Gasteiger partial charge in [0.15, 0.2) is 5.75 Å². The Hall–Kier alpha value is -2.63. The molecule has 1 aliphatic rings. The summed E-state index contributed by atoms with van der Waals surface area (Å²) in [4.78, 5) is 17.9. The van der Waals surface area contributed by atoms with Gasteiger partial charge in [-0.2, -0.15) is 0 Å². The molecule has 3 aromatic rings. The van der Waals surface area contributed by atoms with Gasteiger partial charge in [0.2, 0.25) is 0 Å². The van der Waals surface area contributed by atoms with Crippen LogP contribution in [0.25, 0.3) is 22.0 Å². The van der Waals surface area contributed by atoms with E-state index >= 15 is 0 Å². The second-order valence-electron chi connectivity index (χ2n) is 6.37. The number of H-pyrrole nitrogens is 1. The van der Waals surface area contributed by atoms with E-state index in [1.807, 2.05) is 54.6 Å². The van der Waals surface area contributed by atoms with Crippen LogP contribution in [0, 0.1) is 0 Å². The van der Waals surface area contributed by atoms with Gasteiger partial charge in [-0.05, 0) is 6.07 Å². The van der Waals surface area contributed by atoms with Crippen molar-refractivity contribution in [3.63, 3.8) is 0 Å². The second-order valence-corrected chi connectivity index (χ2v) is 6.37. The van der Waals surface area contributed by atoms with E-state index in [0.717, 1.165) is 55.2 Å². The van der Waals surface area contributed by atoms with E-state index in [0.29, 0.717) is 12.0 Å². The predicted octanol–water partition coefficient (Wildman–Crippen LogP) is 2.91. The first-order valence-electron chi connectivity index (χ1n) is 8.96. The van der Waals surface area contributed by atoms with Crippen LogP contribution in [0.1, 0.15) is 0 Å². The van der Waals surface area contributed by atoms with Crippen molar-refractivity contribution in [1.82, 2.24) is 9.88 Å². The monoisotopic (exact) mass is 350 g/mol. The largest absolute Gasteiger partial charge is 0.489 e. The highest BCUT2D eigenvalue weighted by Crippen LogP contribution is 2.33. The fraction of sp³-hybridized carbons (Fsp3) is 0.286. The molecule has 2 aromatic carbocycles. The van der Waals surface area contributed by atoms with Crippen LogP contribution in [-0.2, 0) is 4.74 Å². The molecule has 1 saturated heterocycles. The summed E-state index contributed by atoms with van der Waals surface area (Å²) in [5, 5.41) is 1.49. The van der Waals surface area contributed by atoms with Gasteiger partial charge < -0.3 is 14.5 Å². The lowest BCUT2D eigenvalue weighted by Crippen LogP contribution is -2.38. The molecule has 5 heteroatoms. The van der Waals surface area contributed by atoms with Crippen molar-refractivity contribution in [3.8, 4) is 17.0 Å². The predicted molar refractivity (Wildman–Crippen MR) is 103 cm³/mol. The molecule has 2 heterocycles. The fourth-order valence-corrected chi connectivity index (χ4v) is 3.31. The number of hydrogen-bond donors (Lipinski definition) is 1. The van der Waals surface area contributed by atoms with Gasteiger partial charge in [0.1, 0.15) is 6.61 Å². The molecule has 1 aromatic heterocycles. The first kappa shape index (κ1) is 16.8. The SMILES string of the molecule is O=c1[nH]c(-c2ccccc2)c(OCCN2CCOCC2)c2ccccc12. The van der Waals surface area contributed by atoms with E-state index in [2.05, 4.69) is 9.88 Å². The molecule has 26 heavy (non-hydrogen) atoms. The van der Waals surface area contributed by atoms with E-state index in [9.17, 15) is 4.79 Å². The van der Waals surface area contributed by atoms with E-state index in [4.69, 9.17) is 9.47 Å². The highest BCUT2D eigenvalue weighted by Gasteiger charge is 2.15. The Balaban J connectivity index is 1.68. The molecule has 0 bridgehead atoms. The van der Waals surface area contributed by atoms with Crippen molar-refractivity contribution in [1.29, 1.82) is 0 Å². The molecule has 0 atom stereocenters. The number of rotatable bonds is 5. The van der Waals surface area contributed by atoms with E-state index in [1.165, 1.54) is 0 Å². The first-order chi connectivity index (χ1) is 12.8. The van der Waals surface area contributed by atoms with E-state index < -0.39 is 0 Å². The third kappa shape index (κ3) is 3.49. The number of nitrogens with zero attached hydrogens (tertiary/aromatic N) is 1. The summed E-state index contributed by atoms with van der Waals surface area (Å²) in [6, 6.07) is 17.4. The number of ether oxygens (including phenoxy) is 2. The van der Waals surface area contributed by atoms with Crippen molar-refractivity contribution in [2.24, 2.45) is 0 Å². The minimum Gasteiger partial charge on any atom is -0.489 e. The smallest absolute Gasteiger partial charge is 0.256 e. The molecular formula is C21H22N2O3. The van der Waals surface area contributed by atoms with Gasteiger partial charge >= 0.3 is 0 Å². The van der Waals surface area contributed by atoms with Crippen LogP contribution in [0.15, 0.2) is 59.4 Å². The van der Waals surface area contributed by atoms with Gasteiger partial charge in [0.05, 0.1) is 24.3 Å². The maximum atomic E-state index is 12.5. The lowest BCUT2D eigenvalue weighted by Gasteiger charge is -2.26. The summed E-state index contributed by atoms with van der Waals surface area (Å²) >= 11 is 0. The Morgan fingerprint density at radius 3 is 2.42 bits per heavy atom. The van der Waals surface area contributed by atoms with Crippen molar-refractivity contribution in [2.45, 2.75) is 0 Å². The Morgan fingerprint density at radius 1 is 0.962 bits per heavy atom. The number of morpholine rings is 1. The number of fused-ring (bicyclic) bond motifs is 1. The molecule has 0 saturated carbocycles. The third-order valence-electron chi connectivity index (χ3n) is 4.70. The minimum atomic E-state index is -0.0972. The van der Waals surface area contributed by atoms with Crippen LogP contribution < -0.4 is 10.3 Å². The zero-order valence-corrected chi connectivity index (χ0v) is 14.6. The number of pyridine rings is 1. The summed E-state index contributed by atoms with van der Waals surface area (Å²) in [6.07, 6.45) is 0. The molecule has 0 aliphatic carbocycles. The molecule has 1 aliphatic heterocycles. The Bertz CT molecular complexity index is 931. The molecule has 0 unspecified atom stereocenters. The number of hydrogen-bond acceptors (Lipinski definition) is 4. The quantitative estimate of drug-likeness (QED) is 0.769. The summed E-state index contributed by atoms with van der Waals surface area (Å²) in [5.74, 6) is 0.736. The molecule has 0 amide bonds. The standard InChI is InChI=1S/C21H22N2O3/c24-21-18-9-5-4-8-17(18)20(19(22-21)16-6-2-1-3-7-16)26-15-12-23-10-13-25-14-11-23/h1-9H,10-15H2,(H,22,24). The number of benzene rings is 2. The van der Waals surface area contributed by atoms with Gasteiger partial charge in [-0.15, -0.1) is 0 Å². The highest BCUT2D eigenvalue weighted by molar-refractivity contribution is 5.92. The maximum Gasteiger partial charge on any atom is 0.256 e. The van der Waals surface area contributed by atoms with Crippen LogP contribution in [0.2, 0.25) is 0 Å². The second kappa shape index (κ2) is 7.72. The number of nitrogens with one attached hydrogen (secondary N) is 1. The van der Waals surface area contributed by atoms with Gasteiger partial charge in [0.25, 0.3) is 5.56 Å². The Labute approximate surface area is 152 Å². The average molecular weight is 350 g/mol. The van der Waals surface area contributed by atoms with Crippen LogP contribution in [0.4, 0.5) is 0 Å². The molecule has 5 nitrogen and oxygen atoms in total. The summed E-state index contributed by atoms with van der Waals surface area (Å²) < 4.78 is 11.6. The van der Waals surface area contributed by atoms with E-state index in [-0.39, 0.29) is 5.56 Å². The number of aromatic nitrogens is 1. The zero-order chi connectivity index (χ0) is 17.8. The average Bonchev–Trinajstić information content (AvgIpc) is 2.71. The number of aromatic amines is 1. The van der Waals surface area contributed by atoms with Crippen LogP contribution in [0.5, 0.6) is 5.75 Å². The summed E-state index contributed by atoms with van der Waals surface area (Å²) in [5.41, 5.74) is 1.58. The van der Waals surface area contributed by atoms with Crippen molar-refractivity contribution in [3.05, 3.63) is 65.0 Å². The topological polar surface area (TPSA) is 54.6 Å². The van der Waals surface area contributed by atoms with Gasteiger partial charge in [0, 0.05) is 30.6 Å². The van der Waals surface area contributed by atoms with Crippen LogP contribution in [-0.4, -0.2) is 49.3 Å². The van der Waals surface area contributed by atoms with Crippen LogP contribution >= 0.6 is 0 Å². The Kier molecular flexibility index (Phi) is 5.00. The van der Waals surface area contributed by atoms with Crippen LogP contribution in [0.3, 0.4) is 0 Å². The Morgan fingerprint density at radius 2 is 1.65 bits per heavy atom. The lowest BCUT2D eigenvalue weighted by atomic mass is 10.1. The third-order valence-corrected chi connectivity index (χ3v) is 4.70. The molecule has 1 fully saturated rings. The maximum absolute atomic E-state index is 12.5. The first-order valence-corrected chi connectivity index (χ1v) is 8.96. The fourth-order valence-electron chi connectivity index (χ4n) is 3.31. The van der Waals surface area contributed by atoms with Crippen molar-refractivity contribution in [2.75, 3.05) is 39.5 Å². The molecule has 0 spiro atoms. The highest BCUT2D eigenvalue weighted by atomic mass is 16.5. The van der Waals surface area contributed by atoms with Gasteiger partial charge in [-0.3, -0.25) is 9.69 Å². The van der Waals surface area contributed by atoms with Crippen molar-refractivity contribution < 1.29 is 9.47 Å². The summed E-state index contributed by atoms with van der Waals surface area (Å²) in [7, 11) is 0. The normalized spacial score (nSPS) is 15.2. The zero-order valence-electron chi connectivity index (χ0n) is 14.6.